The number of hydrogen-bond donors (Lipinski definition) is 1. The molecule has 1 fully saturated rings. The van der Waals surface area contributed by atoms with Crippen LogP contribution in [0.1, 0.15) is 36.8 Å². The van der Waals surface area contributed by atoms with Gasteiger partial charge in [0, 0.05) is 49.7 Å². The summed E-state index contributed by atoms with van der Waals surface area (Å²) >= 11 is 0. The summed E-state index contributed by atoms with van der Waals surface area (Å²) in [5.74, 6) is 1.95. The number of nitrogens with one attached hydrogen (secondary N) is 1. The SMILES string of the molecule is CCc1nc(-c2nccn2CC2(c3ccccc3)CCOCC2)c(C)[nH]1. The minimum Gasteiger partial charge on any atom is -0.381 e. The number of H-pyrrole nitrogens is 1. The van der Waals surface area contributed by atoms with E-state index < -0.39 is 0 Å². The molecular formula is C21H26N4O. The number of imidazole rings is 2. The van der Waals surface area contributed by atoms with Crippen molar-refractivity contribution in [3.63, 3.8) is 0 Å². The van der Waals surface area contributed by atoms with Crippen LogP contribution < -0.4 is 0 Å². The van der Waals surface area contributed by atoms with Crippen LogP contribution in [-0.2, 0) is 23.1 Å². The van der Waals surface area contributed by atoms with Crippen LogP contribution in [0.5, 0.6) is 0 Å². The maximum Gasteiger partial charge on any atom is 0.160 e. The third kappa shape index (κ3) is 3.07. The normalized spacial score (nSPS) is 16.7. The highest BCUT2D eigenvalue weighted by atomic mass is 16.5. The lowest BCUT2D eigenvalue weighted by atomic mass is 9.74. The fraction of sp³-hybridized carbons (Fsp3) is 0.429. The number of aryl methyl sites for hydroxylation is 2. The number of rotatable bonds is 5. The molecule has 2 aromatic heterocycles. The summed E-state index contributed by atoms with van der Waals surface area (Å²) in [7, 11) is 0. The molecule has 4 rings (SSSR count). The molecule has 1 saturated heterocycles. The molecule has 136 valence electrons. The fourth-order valence-corrected chi connectivity index (χ4v) is 3.98. The van der Waals surface area contributed by atoms with Gasteiger partial charge in [0.2, 0.25) is 0 Å². The molecule has 3 aromatic rings. The molecule has 0 atom stereocenters. The standard InChI is InChI=1S/C21H26N4O/c1-3-18-23-16(2)19(24-18)20-22-11-12-25(20)15-21(9-13-26-14-10-21)17-7-5-4-6-8-17/h4-8,11-12H,3,9-10,13-15H2,1-2H3,(H,23,24). The second-order valence-corrected chi connectivity index (χ2v) is 7.15. The molecule has 0 radical (unpaired) electrons. The summed E-state index contributed by atoms with van der Waals surface area (Å²) in [6.45, 7) is 6.69. The average Bonchev–Trinajstić information content (AvgIpc) is 3.29. The molecule has 26 heavy (non-hydrogen) atoms. The summed E-state index contributed by atoms with van der Waals surface area (Å²) in [6, 6.07) is 10.8. The van der Waals surface area contributed by atoms with E-state index in [2.05, 4.69) is 64.9 Å². The Morgan fingerprint density at radius 2 is 1.96 bits per heavy atom. The molecule has 0 unspecified atom stereocenters. The lowest BCUT2D eigenvalue weighted by molar-refractivity contribution is 0.0436. The van der Waals surface area contributed by atoms with Crippen LogP contribution in [0.25, 0.3) is 11.5 Å². The monoisotopic (exact) mass is 350 g/mol. The third-order valence-electron chi connectivity index (χ3n) is 5.51. The molecule has 0 aliphatic carbocycles. The van der Waals surface area contributed by atoms with Gasteiger partial charge in [-0.25, -0.2) is 9.97 Å². The van der Waals surface area contributed by atoms with E-state index in [0.717, 1.165) is 62.1 Å². The van der Waals surface area contributed by atoms with E-state index in [4.69, 9.17) is 9.72 Å². The topological polar surface area (TPSA) is 55.7 Å². The Bertz CT molecular complexity index is 859. The van der Waals surface area contributed by atoms with Crippen LogP contribution in [0.15, 0.2) is 42.7 Å². The average molecular weight is 350 g/mol. The van der Waals surface area contributed by atoms with Crippen LogP contribution in [0, 0.1) is 6.92 Å². The molecule has 1 aliphatic rings. The van der Waals surface area contributed by atoms with Crippen molar-refractivity contribution in [2.24, 2.45) is 0 Å². The van der Waals surface area contributed by atoms with Crippen LogP contribution in [0.2, 0.25) is 0 Å². The van der Waals surface area contributed by atoms with Gasteiger partial charge in [-0.2, -0.15) is 0 Å². The summed E-state index contributed by atoms with van der Waals surface area (Å²) in [5.41, 5.74) is 3.50. The summed E-state index contributed by atoms with van der Waals surface area (Å²) in [4.78, 5) is 12.8. The van der Waals surface area contributed by atoms with Gasteiger partial charge in [-0.15, -0.1) is 0 Å². The van der Waals surface area contributed by atoms with E-state index in [1.54, 1.807) is 0 Å². The van der Waals surface area contributed by atoms with Crippen LogP contribution in [0.3, 0.4) is 0 Å². The van der Waals surface area contributed by atoms with Crippen molar-refractivity contribution in [2.75, 3.05) is 13.2 Å². The number of nitrogens with zero attached hydrogens (tertiary/aromatic N) is 3. The van der Waals surface area contributed by atoms with E-state index in [1.807, 2.05) is 6.20 Å². The highest BCUT2D eigenvalue weighted by Gasteiger charge is 2.35. The van der Waals surface area contributed by atoms with Gasteiger partial charge in [-0.1, -0.05) is 37.3 Å². The van der Waals surface area contributed by atoms with Crippen molar-refractivity contribution in [2.45, 2.75) is 45.1 Å². The smallest absolute Gasteiger partial charge is 0.160 e. The van der Waals surface area contributed by atoms with Gasteiger partial charge in [0.1, 0.15) is 11.5 Å². The zero-order chi connectivity index (χ0) is 18.0. The first-order chi connectivity index (χ1) is 12.7. The Labute approximate surface area is 154 Å². The minimum atomic E-state index is 0.0761. The van der Waals surface area contributed by atoms with Gasteiger partial charge in [0.05, 0.1) is 0 Å². The van der Waals surface area contributed by atoms with Crippen molar-refractivity contribution in [1.82, 2.24) is 19.5 Å². The van der Waals surface area contributed by atoms with Gasteiger partial charge in [0.25, 0.3) is 0 Å². The van der Waals surface area contributed by atoms with Crippen molar-refractivity contribution in [3.8, 4) is 11.5 Å². The predicted molar refractivity (Wildman–Crippen MR) is 102 cm³/mol. The Balaban J connectivity index is 1.72. The Hall–Kier alpha value is -2.40. The first-order valence-corrected chi connectivity index (χ1v) is 9.42. The lowest BCUT2D eigenvalue weighted by Gasteiger charge is -2.38. The van der Waals surface area contributed by atoms with Crippen LogP contribution in [-0.4, -0.2) is 32.7 Å². The van der Waals surface area contributed by atoms with E-state index in [9.17, 15) is 0 Å². The van der Waals surface area contributed by atoms with Crippen molar-refractivity contribution in [1.29, 1.82) is 0 Å². The number of aromatic nitrogens is 4. The molecule has 5 nitrogen and oxygen atoms in total. The van der Waals surface area contributed by atoms with Gasteiger partial charge in [-0.3, -0.25) is 0 Å². The Morgan fingerprint density at radius 1 is 1.19 bits per heavy atom. The molecule has 3 heterocycles. The molecule has 0 amide bonds. The van der Waals surface area contributed by atoms with Crippen LogP contribution >= 0.6 is 0 Å². The quantitative estimate of drug-likeness (QED) is 0.759. The van der Waals surface area contributed by atoms with E-state index >= 15 is 0 Å². The van der Waals surface area contributed by atoms with Gasteiger partial charge >= 0.3 is 0 Å². The molecule has 1 aliphatic heterocycles. The maximum absolute atomic E-state index is 5.68. The first-order valence-electron chi connectivity index (χ1n) is 9.42. The van der Waals surface area contributed by atoms with Gasteiger partial charge in [-0.05, 0) is 25.3 Å². The molecule has 0 bridgehead atoms. The Morgan fingerprint density at radius 3 is 2.65 bits per heavy atom. The maximum atomic E-state index is 5.68. The van der Waals surface area contributed by atoms with Crippen molar-refractivity contribution in [3.05, 3.63) is 59.8 Å². The highest BCUT2D eigenvalue weighted by molar-refractivity contribution is 5.53. The minimum absolute atomic E-state index is 0.0761. The molecule has 1 N–H and O–H groups in total. The predicted octanol–water partition coefficient (Wildman–Crippen LogP) is 3.89. The molecule has 1 aromatic carbocycles. The number of aromatic amines is 1. The third-order valence-corrected chi connectivity index (χ3v) is 5.51. The summed E-state index contributed by atoms with van der Waals surface area (Å²) in [5, 5.41) is 0. The first kappa shape index (κ1) is 17.0. The van der Waals surface area contributed by atoms with E-state index in [-0.39, 0.29) is 5.41 Å². The number of benzene rings is 1. The summed E-state index contributed by atoms with van der Waals surface area (Å²) in [6.07, 6.45) is 6.90. The second-order valence-electron chi connectivity index (χ2n) is 7.15. The van der Waals surface area contributed by atoms with Gasteiger partial charge < -0.3 is 14.3 Å². The van der Waals surface area contributed by atoms with E-state index in [0.29, 0.717) is 0 Å². The largest absolute Gasteiger partial charge is 0.381 e. The summed E-state index contributed by atoms with van der Waals surface area (Å²) < 4.78 is 7.94. The van der Waals surface area contributed by atoms with E-state index in [1.165, 1.54) is 5.56 Å². The molecule has 0 saturated carbocycles. The number of ether oxygens (including phenoxy) is 1. The zero-order valence-electron chi connectivity index (χ0n) is 15.5. The molecule has 0 spiro atoms. The molecular weight excluding hydrogens is 324 g/mol. The van der Waals surface area contributed by atoms with Crippen LogP contribution in [0.4, 0.5) is 0 Å². The van der Waals surface area contributed by atoms with Gasteiger partial charge in [0.15, 0.2) is 5.82 Å². The molecule has 5 heteroatoms. The number of hydrogen-bond acceptors (Lipinski definition) is 3. The highest BCUT2D eigenvalue weighted by Crippen LogP contribution is 2.37. The fourth-order valence-electron chi connectivity index (χ4n) is 3.98. The zero-order valence-corrected chi connectivity index (χ0v) is 15.5. The Kier molecular flexibility index (Phi) is 4.64. The van der Waals surface area contributed by atoms with Crippen molar-refractivity contribution >= 4 is 0 Å². The second kappa shape index (κ2) is 7.08. The lowest BCUT2D eigenvalue weighted by Crippen LogP contribution is -2.38. The van der Waals surface area contributed by atoms with Crippen molar-refractivity contribution < 1.29 is 4.74 Å².